The summed E-state index contributed by atoms with van der Waals surface area (Å²) in [5.74, 6) is 1.76. The maximum absolute atomic E-state index is 13.0. The predicted molar refractivity (Wildman–Crippen MR) is 95.4 cm³/mol. The molecule has 2 saturated heterocycles. The molecule has 2 fully saturated rings. The number of carbonyl (C=O) groups excluding carboxylic acids is 1. The number of rotatable bonds is 3. The van der Waals surface area contributed by atoms with E-state index in [-0.39, 0.29) is 0 Å². The van der Waals surface area contributed by atoms with Crippen molar-refractivity contribution in [3.63, 3.8) is 0 Å². The van der Waals surface area contributed by atoms with Crippen LogP contribution in [-0.4, -0.2) is 37.1 Å². The zero-order chi connectivity index (χ0) is 16.4. The van der Waals surface area contributed by atoms with Crippen LogP contribution in [0.25, 0.3) is 5.57 Å². The molecule has 128 valence electrons. The monoisotopic (exact) mass is 325 g/mol. The first-order chi connectivity index (χ1) is 11.8. The van der Waals surface area contributed by atoms with Crippen LogP contribution in [0.4, 0.5) is 0 Å². The molecule has 3 heteroatoms. The van der Waals surface area contributed by atoms with Gasteiger partial charge in [-0.1, -0.05) is 30.3 Å². The van der Waals surface area contributed by atoms with Crippen LogP contribution in [0, 0.1) is 11.8 Å². The van der Waals surface area contributed by atoms with E-state index in [0.717, 1.165) is 57.1 Å². The summed E-state index contributed by atoms with van der Waals surface area (Å²) in [6.45, 7) is 3.71. The third-order valence-electron chi connectivity index (χ3n) is 5.98. The molecule has 3 nitrogen and oxygen atoms in total. The van der Waals surface area contributed by atoms with Crippen LogP contribution >= 0.6 is 0 Å². The number of ether oxygens (including phenoxy) is 1. The van der Waals surface area contributed by atoms with Crippen LogP contribution in [0.3, 0.4) is 0 Å². The minimum atomic E-state index is 0.303. The van der Waals surface area contributed by atoms with Crippen molar-refractivity contribution < 1.29 is 9.53 Å². The number of allylic oxidation sites excluding steroid dienone is 1. The van der Waals surface area contributed by atoms with Crippen molar-refractivity contribution in [1.82, 2.24) is 4.90 Å². The van der Waals surface area contributed by atoms with E-state index >= 15 is 0 Å². The molecular weight excluding hydrogens is 298 g/mol. The van der Waals surface area contributed by atoms with E-state index in [2.05, 4.69) is 29.2 Å². The molecule has 0 saturated carbocycles. The molecule has 2 aliphatic heterocycles. The first-order valence-electron chi connectivity index (χ1n) is 9.47. The van der Waals surface area contributed by atoms with Gasteiger partial charge in [0.25, 0.3) is 0 Å². The summed E-state index contributed by atoms with van der Waals surface area (Å²) < 4.78 is 5.46. The maximum Gasteiger partial charge on any atom is 0.250 e. The Labute approximate surface area is 144 Å². The Balaban J connectivity index is 1.46. The Morgan fingerprint density at radius 2 is 1.67 bits per heavy atom. The van der Waals surface area contributed by atoms with Gasteiger partial charge >= 0.3 is 0 Å². The quantitative estimate of drug-likeness (QED) is 0.843. The van der Waals surface area contributed by atoms with Gasteiger partial charge in [0.05, 0.1) is 0 Å². The van der Waals surface area contributed by atoms with E-state index in [0.29, 0.717) is 11.8 Å². The van der Waals surface area contributed by atoms with Gasteiger partial charge in [0.15, 0.2) is 0 Å². The van der Waals surface area contributed by atoms with Crippen LogP contribution in [0.15, 0.2) is 35.9 Å². The molecule has 1 aromatic rings. The number of hydrogen-bond acceptors (Lipinski definition) is 2. The highest BCUT2D eigenvalue weighted by Crippen LogP contribution is 2.36. The Kier molecular flexibility index (Phi) is 4.70. The van der Waals surface area contributed by atoms with Crippen molar-refractivity contribution in [2.75, 3.05) is 26.3 Å². The second kappa shape index (κ2) is 7.10. The molecule has 0 unspecified atom stereocenters. The summed E-state index contributed by atoms with van der Waals surface area (Å²) >= 11 is 0. The van der Waals surface area contributed by atoms with E-state index < -0.39 is 0 Å². The number of hydrogen-bond donors (Lipinski definition) is 0. The predicted octanol–water partition coefficient (Wildman–Crippen LogP) is 3.90. The minimum Gasteiger partial charge on any atom is -0.381 e. The number of nitrogens with zero attached hydrogens (tertiary/aromatic N) is 1. The Morgan fingerprint density at radius 1 is 0.958 bits per heavy atom. The molecule has 0 spiro atoms. The van der Waals surface area contributed by atoms with Gasteiger partial charge in [-0.3, -0.25) is 4.79 Å². The van der Waals surface area contributed by atoms with E-state index in [4.69, 9.17) is 4.74 Å². The summed E-state index contributed by atoms with van der Waals surface area (Å²) in [6.07, 6.45) is 6.68. The number of carbonyl (C=O) groups is 1. The van der Waals surface area contributed by atoms with Gasteiger partial charge in [0.2, 0.25) is 5.91 Å². The highest BCUT2D eigenvalue weighted by molar-refractivity contribution is 6.01. The topological polar surface area (TPSA) is 29.5 Å². The second-order valence-corrected chi connectivity index (χ2v) is 7.45. The fraction of sp³-hybridized carbons (Fsp3) is 0.571. The van der Waals surface area contributed by atoms with Crippen molar-refractivity contribution in [1.29, 1.82) is 0 Å². The third kappa shape index (κ3) is 3.14. The van der Waals surface area contributed by atoms with E-state index in [1.807, 2.05) is 6.07 Å². The lowest BCUT2D eigenvalue weighted by Gasteiger charge is -2.45. The maximum atomic E-state index is 13.0. The molecule has 1 aromatic carbocycles. The highest BCUT2D eigenvalue weighted by atomic mass is 16.5. The average molecular weight is 325 g/mol. The van der Waals surface area contributed by atoms with Crippen molar-refractivity contribution in [3.8, 4) is 0 Å². The van der Waals surface area contributed by atoms with E-state index in [9.17, 15) is 4.79 Å². The van der Waals surface area contributed by atoms with Crippen LogP contribution in [0.2, 0.25) is 0 Å². The van der Waals surface area contributed by atoms with Crippen LogP contribution in [0.5, 0.6) is 0 Å². The lowest BCUT2D eigenvalue weighted by Crippen LogP contribution is -2.54. The van der Waals surface area contributed by atoms with Crippen molar-refractivity contribution in [2.24, 2.45) is 11.8 Å². The number of likely N-dealkylation sites (tertiary alicyclic amines) is 1. The summed E-state index contributed by atoms with van der Waals surface area (Å²) in [4.78, 5) is 15.1. The van der Waals surface area contributed by atoms with Crippen molar-refractivity contribution in [2.45, 2.75) is 38.5 Å². The summed E-state index contributed by atoms with van der Waals surface area (Å²) in [6, 6.07) is 10.5. The van der Waals surface area contributed by atoms with Crippen molar-refractivity contribution >= 4 is 11.5 Å². The van der Waals surface area contributed by atoms with Gasteiger partial charge in [-0.05, 0) is 61.5 Å². The molecule has 0 N–H and O–H groups in total. The largest absolute Gasteiger partial charge is 0.381 e. The highest BCUT2D eigenvalue weighted by Gasteiger charge is 2.38. The van der Waals surface area contributed by atoms with Gasteiger partial charge in [-0.25, -0.2) is 0 Å². The fourth-order valence-corrected chi connectivity index (χ4v) is 4.45. The van der Waals surface area contributed by atoms with Gasteiger partial charge < -0.3 is 9.64 Å². The second-order valence-electron chi connectivity index (χ2n) is 7.45. The van der Waals surface area contributed by atoms with Crippen LogP contribution in [0.1, 0.15) is 44.1 Å². The van der Waals surface area contributed by atoms with E-state index in [1.165, 1.54) is 30.4 Å². The smallest absolute Gasteiger partial charge is 0.250 e. The lowest BCUT2D eigenvalue weighted by atomic mass is 9.79. The van der Waals surface area contributed by atoms with Gasteiger partial charge in [0.1, 0.15) is 0 Å². The molecule has 0 radical (unpaired) electrons. The average Bonchev–Trinajstić information content (AvgIpc) is 2.62. The van der Waals surface area contributed by atoms with Crippen LogP contribution in [-0.2, 0) is 9.53 Å². The van der Waals surface area contributed by atoms with Gasteiger partial charge in [-0.2, -0.15) is 0 Å². The zero-order valence-electron chi connectivity index (χ0n) is 14.4. The first-order valence-corrected chi connectivity index (χ1v) is 9.47. The zero-order valence-corrected chi connectivity index (χ0v) is 14.4. The third-order valence-corrected chi connectivity index (χ3v) is 5.98. The first kappa shape index (κ1) is 15.9. The van der Waals surface area contributed by atoms with Gasteiger partial charge in [0, 0.05) is 31.9 Å². The summed E-state index contributed by atoms with van der Waals surface area (Å²) in [5.41, 5.74) is 3.61. The summed E-state index contributed by atoms with van der Waals surface area (Å²) in [5, 5.41) is 0. The standard InChI is InChI=1S/C21H27NO2/c23-21(22-14-18(15-22)16-10-12-24-13-11-16)20-9-5-4-8-19(20)17-6-2-1-3-7-17/h1-3,6-7,16,18H,4-5,8-15H2. The Hall–Kier alpha value is -1.61. The molecule has 1 amide bonds. The molecule has 1 aliphatic carbocycles. The molecule has 2 heterocycles. The molecule has 4 rings (SSSR count). The van der Waals surface area contributed by atoms with E-state index in [1.54, 1.807) is 0 Å². The molecular formula is C21H27NO2. The fourth-order valence-electron chi connectivity index (χ4n) is 4.45. The molecule has 24 heavy (non-hydrogen) atoms. The normalized spacial score (nSPS) is 23.2. The van der Waals surface area contributed by atoms with Crippen LogP contribution < -0.4 is 0 Å². The molecule has 0 atom stereocenters. The Bertz CT molecular complexity index is 610. The number of benzene rings is 1. The van der Waals surface area contributed by atoms with Gasteiger partial charge in [-0.15, -0.1) is 0 Å². The SMILES string of the molecule is O=C(C1=C(c2ccccc2)CCCC1)N1CC(C2CCOCC2)C1. The minimum absolute atomic E-state index is 0.303. The Morgan fingerprint density at radius 3 is 2.42 bits per heavy atom. The lowest BCUT2D eigenvalue weighted by molar-refractivity contribution is -0.135. The molecule has 3 aliphatic rings. The summed E-state index contributed by atoms with van der Waals surface area (Å²) in [7, 11) is 0. The van der Waals surface area contributed by atoms with Crippen molar-refractivity contribution in [3.05, 3.63) is 41.5 Å². The number of amides is 1. The molecule has 0 bridgehead atoms. The molecule has 0 aromatic heterocycles.